The summed E-state index contributed by atoms with van der Waals surface area (Å²) in [4.78, 5) is 12.3. The summed E-state index contributed by atoms with van der Waals surface area (Å²) in [5.74, 6) is -0.224. The highest BCUT2D eigenvalue weighted by atomic mass is 32.1. The minimum Gasteiger partial charge on any atom is -0.384 e. The number of hydrogen-bond donors (Lipinski definition) is 2. The number of nitrogens with zero attached hydrogens (tertiary/aromatic N) is 2. The van der Waals surface area contributed by atoms with Gasteiger partial charge in [-0.2, -0.15) is 16.4 Å². The lowest BCUT2D eigenvalue weighted by Crippen LogP contribution is -2.40. The molecule has 2 aromatic rings. The molecule has 2 N–H and O–H groups in total. The number of aryl methyl sites for hydroxylation is 2. The highest BCUT2D eigenvalue weighted by Crippen LogP contribution is 2.22. The molecule has 23 heavy (non-hydrogen) atoms. The summed E-state index contributed by atoms with van der Waals surface area (Å²) in [7, 11) is 1.91. The molecule has 0 bridgehead atoms. The number of aromatic nitrogens is 2. The van der Waals surface area contributed by atoms with Gasteiger partial charge in [0, 0.05) is 18.7 Å². The third kappa shape index (κ3) is 4.00. The molecule has 2 unspecified atom stereocenters. The zero-order chi connectivity index (χ0) is 17.2. The molecule has 0 saturated carbocycles. The Morgan fingerprint density at radius 2 is 2.22 bits per heavy atom. The van der Waals surface area contributed by atoms with Crippen molar-refractivity contribution >= 4 is 17.2 Å². The molecular formula is C17H25N3O2S. The van der Waals surface area contributed by atoms with Crippen molar-refractivity contribution in [3.63, 3.8) is 0 Å². The largest absolute Gasteiger partial charge is 0.384 e. The van der Waals surface area contributed by atoms with Gasteiger partial charge < -0.3 is 10.4 Å². The Balaban J connectivity index is 1.95. The quantitative estimate of drug-likeness (QED) is 0.851. The lowest BCUT2D eigenvalue weighted by atomic mass is 9.97. The molecule has 5 nitrogen and oxygen atoms in total. The van der Waals surface area contributed by atoms with E-state index in [1.54, 1.807) is 6.92 Å². The van der Waals surface area contributed by atoms with E-state index >= 15 is 0 Å². The molecule has 2 aromatic heterocycles. The predicted octanol–water partition coefficient (Wildman–Crippen LogP) is 2.30. The summed E-state index contributed by atoms with van der Waals surface area (Å²) in [6.07, 6.45) is 0.651. The van der Waals surface area contributed by atoms with E-state index < -0.39 is 5.60 Å². The van der Waals surface area contributed by atoms with Crippen molar-refractivity contribution < 1.29 is 9.90 Å². The van der Waals surface area contributed by atoms with E-state index in [-0.39, 0.29) is 18.4 Å². The summed E-state index contributed by atoms with van der Waals surface area (Å²) < 4.78 is 1.84. The fourth-order valence-electron chi connectivity index (χ4n) is 2.62. The molecular weight excluding hydrogens is 310 g/mol. The van der Waals surface area contributed by atoms with E-state index in [1.807, 2.05) is 49.3 Å². The number of nitrogens with one attached hydrogen (secondary N) is 1. The van der Waals surface area contributed by atoms with Crippen LogP contribution in [0.15, 0.2) is 16.8 Å². The maximum Gasteiger partial charge on any atom is 0.223 e. The van der Waals surface area contributed by atoms with Crippen LogP contribution in [0.2, 0.25) is 0 Å². The maximum absolute atomic E-state index is 12.3. The van der Waals surface area contributed by atoms with Crippen molar-refractivity contribution in [2.75, 3.05) is 6.54 Å². The SMILES string of the molecule is Cc1nn(C)c(C)c1CC(C)C(=O)NCC(C)(O)c1ccsc1. The van der Waals surface area contributed by atoms with Crippen LogP contribution in [-0.2, 0) is 23.9 Å². The highest BCUT2D eigenvalue weighted by Gasteiger charge is 2.26. The second kappa shape index (κ2) is 6.84. The first-order valence-electron chi connectivity index (χ1n) is 7.74. The highest BCUT2D eigenvalue weighted by molar-refractivity contribution is 7.08. The van der Waals surface area contributed by atoms with Gasteiger partial charge in [0.15, 0.2) is 0 Å². The summed E-state index contributed by atoms with van der Waals surface area (Å²) >= 11 is 1.53. The lowest BCUT2D eigenvalue weighted by Gasteiger charge is -2.24. The molecule has 0 aliphatic carbocycles. The molecule has 2 heterocycles. The fourth-order valence-corrected chi connectivity index (χ4v) is 3.40. The van der Waals surface area contributed by atoms with Crippen LogP contribution < -0.4 is 5.32 Å². The number of amides is 1. The predicted molar refractivity (Wildman–Crippen MR) is 92.4 cm³/mol. The van der Waals surface area contributed by atoms with Crippen LogP contribution in [0.4, 0.5) is 0 Å². The fraction of sp³-hybridized carbons (Fsp3) is 0.529. The Kier molecular flexibility index (Phi) is 5.26. The number of carbonyl (C=O) groups is 1. The zero-order valence-electron chi connectivity index (χ0n) is 14.4. The van der Waals surface area contributed by atoms with Crippen LogP contribution in [0.3, 0.4) is 0 Å². The third-order valence-corrected chi connectivity index (χ3v) is 5.05. The lowest BCUT2D eigenvalue weighted by molar-refractivity contribution is -0.125. The second-order valence-corrected chi connectivity index (χ2v) is 7.16. The van der Waals surface area contributed by atoms with Gasteiger partial charge in [0.25, 0.3) is 0 Å². The van der Waals surface area contributed by atoms with Crippen molar-refractivity contribution in [1.29, 1.82) is 0 Å². The second-order valence-electron chi connectivity index (χ2n) is 6.38. The van der Waals surface area contributed by atoms with Gasteiger partial charge in [-0.1, -0.05) is 6.92 Å². The standard InChI is InChI=1S/C17H25N3O2S/c1-11(8-15-12(2)19-20(5)13(15)3)16(21)18-10-17(4,22)14-6-7-23-9-14/h6-7,9,11,22H,8,10H2,1-5H3,(H,18,21). The van der Waals surface area contributed by atoms with Crippen LogP contribution in [0.1, 0.15) is 36.4 Å². The van der Waals surface area contributed by atoms with Crippen LogP contribution >= 0.6 is 11.3 Å². The normalized spacial score (nSPS) is 15.2. The average Bonchev–Trinajstić information content (AvgIpc) is 3.10. The van der Waals surface area contributed by atoms with Gasteiger partial charge in [0.1, 0.15) is 5.60 Å². The molecule has 0 saturated heterocycles. The Morgan fingerprint density at radius 1 is 1.52 bits per heavy atom. The number of rotatable bonds is 6. The van der Waals surface area contributed by atoms with Crippen LogP contribution in [0.25, 0.3) is 0 Å². The van der Waals surface area contributed by atoms with E-state index in [0.717, 1.165) is 22.5 Å². The van der Waals surface area contributed by atoms with E-state index in [1.165, 1.54) is 11.3 Å². The maximum atomic E-state index is 12.3. The molecule has 2 rings (SSSR count). The molecule has 1 amide bonds. The van der Waals surface area contributed by atoms with E-state index in [0.29, 0.717) is 6.42 Å². The molecule has 0 aromatic carbocycles. The first-order chi connectivity index (χ1) is 10.7. The van der Waals surface area contributed by atoms with Gasteiger partial charge >= 0.3 is 0 Å². The minimum absolute atomic E-state index is 0.0526. The summed E-state index contributed by atoms with van der Waals surface area (Å²) in [6.45, 7) is 7.81. The van der Waals surface area contributed by atoms with Crippen molar-refractivity contribution in [1.82, 2.24) is 15.1 Å². The zero-order valence-corrected chi connectivity index (χ0v) is 15.2. The van der Waals surface area contributed by atoms with E-state index in [2.05, 4.69) is 10.4 Å². The molecule has 0 radical (unpaired) electrons. The van der Waals surface area contributed by atoms with Gasteiger partial charge in [-0.3, -0.25) is 9.48 Å². The Bertz CT molecular complexity index is 674. The van der Waals surface area contributed by atoms with Crippen LogP contribution in [0.5, 0.6) is 0 Å². The summed E-state index contributed by atoms with van der Waals surface area (Å²) in [5, 5.41) is 21.5. The Hall–Kier alpha value is -1.66. The van der Waals surface area contributed by atoms with Gasteiger partial charge in [0.2, 0.25) is 5.91 Å². The van der Waals surface area contributed by atoms with Gasteiger partial charge in [0.05, 0.1) is 12.2 Å². The molecule has 126 valence electrons. The Labute approximate surface area is 141 Å². The first-order valence-corrected chi connectivity index (χ1v) is 8.68. The third-order valence-electron chi connectivity index (χ3n) is 4.37. The molecule has 0 spiro atoms. The number of hydrogen-bond acceptors (Lipinski definition) is 4. The summed E-state index contributed by atoms with van der Waals surface area (Å²) in [6, 6.07) is 1.88. The number of thiophene rings is 1. The number of aliphatic hydroxyl groups is 1. The van der Waals surface area contributed by atoms with Crippen molar-refractivity contribution in [3.8, 4) is 0 Å². The molecule has 0 aliphatic rings. The molecule has 0 aliphatic heterocycles. The minimum atomic E-state index is -1.05. The molecule has 2 atom stereocenters. The Morgan fingerprint density at radius 3 is 2.74 bits per heavy atom. The van der Waals surface area contributed by atoms with Gasteiger partial charge in [-0.15, -0.1) is 0 Å². The van der Waals surface area contributed by atoms with Crippen LogP contribution in [0, 0.1) is 19.8 Å². The number of carbonyl (C=O) groups excluding carboxylic acids is 1. The van der Waals surface area contributed by atoms with Crippen LogP contribution in [-0.4, -0.2) is 27.3 Å². The smallest absolute Gasteiger partial charge is 0.223 e. The molecule has 0 fully saturated rings. The van der Waals surface area contributed by atoms with Crippen molar-refractivity contribution in [2.45, 2.75) is 39.7 Å². The van der Waals surface area contributed by atoms with E-state index in [9.17, 15) is 9.90 Å². The topological polar surface area (TPSA) is 67.2 Å². The summed E-state index contributed by atoms with van der Waals surface area (Å²) in [5.41, 5.74) is 2.96. The van der Waals surface area contributed by atoms with Crippen molar-refractivity contribution in [3.05, 3.63) is 39.3 Å². The molecule has 6 heteroatoms. The average molecular weight is 335 g/mol. The van der Waals surface area contributed by atoms with Gasteiger partial charge in [-0.25, -0.2) is 0 Å². The van der Waals surface area contributed by atoms with Gasteiger partial charge in [-0.05, 0) is 55.1 Å². The first kappa shape index (κ1) is 17.7. The monoisotopic (exact) mass is 335 g/mol. The van der Waals surface area contributed by atoms with Crippen molar-refractivity contribution in [2.24, 2.45) is 13.0 Å². The van der Waals surface area contributed by atoms with E-state index in [4.69, 9.17) is 0 Å².